The van der Waals surface area contributed by atoms with Crippen molar-refractivity contribution in [3.8, 4) is 0 Å². The van der Waals surface area contributed by atoms with Crippen LogP contribution >= 0.6 is 31.3 Å². The van der Waals surface area contributed by atoms with Crippen molar-refractivity contribution >= 4 is 117 Å². The minimum atomic E-state index is -5.81. The number of phosphoric ester groups is 4. The molecule has 68 heteroatoms. The maximum atomic E-state index is 15.3. The highest BCUT2D eigenvalue weighted by molar-refractivity contribution is 7.48. The predicted octanol–water partition coefficient (Wildman–Crippen LogP) is -2.30. The van der Waals surface area contributed by atoms with Crippen molar-refractivity contribution in [2.45, 2.75) is 252 Å². The Morgan fingerprint density at radius 1 is 0.483 bits per heavy atom. The van der Waals surface area contributed by atoms with Gasteiger partial charge in [-0.1, -0.05) is 6.92 Å². The van der Waals surface area contributed by atoms with Crippen molar-refractivity contribution in [2.75, 3.05) is 142 Å². The van der Waals surface area contributed by atoms with Crippen molar-refractivity contribution in [1.82, 2.24) is 94.0 Å². The van der Waals surface area contributed by atoms with Crippen LogP contribution in [0.25, 0.3) is 44.7 Å². The predicted molar refractivity (Wildman–Crippen MR) is 502 cm³/mol. The van der Waals surface area contributed by atoms with Gasteiger partial charge in [-0.3, -0.25) is 78.6 Å². The van der Waals surface area contributed by atoms with Crippen LogP contribution < -0.4 is 44.4 Å². The average molecular weight is 2200 g/mol. The van der Waals surface area contributed by atoms with Crippen molar-refractivity contribution in [1.29, 1.82) is 0 Å². The Balaban J connectivity index is 0.657. The second kappa shape index (κ2) is 53.4. The summed E-state index contributed by atoms with van der Waals surface area (Å²) in [6, 6.07) is -1.16. The summed E-state index contributed by atoms with van der Waals surface area (Å²) in [4.78, 5) is 146. The van der Waals surface area contributed by atoms with Gasteiger partial charge in [0.25, 0.3) is 5.56 Å². The lowest BCUT2D eigenvalue weighted by Gasteiger charge is -2.42. The molecule has 6 fully saturated rings. The van der Waals surface area contributed by atoms with Gasteiger partial charge in [0.2, 0.25) is 23.7 Å². The quantitative estimate of drug-likeness (QED) is 0.0108. The number of aliphatic hydroxyl groups excluding tert-OH is 6. The number of rotatable bonds is 60. The van der Waals surface area contributed by atoms with E-state index in [0.29, 0.717) is 25.7 Å². The molecule has 6 aliphatic rings. The van der Waals surface area contributed by atoms with Gasteiger partial charge in [-0.2, -0.15) is 4.98 Å². The zero-order valence-corrected chi connectivity index (χ0v) is 84.8. The lowest BCUT2D eigenvalue weighted by atomic mass is 9.97. The van der Waals surface area contributed by atoms with Crippen LogP contribution in [0.15, 0.2) is 49.1 Å². The number of nitrogens with one attached hydrogen (secondary N) is 4. The highest BCUT2D eigenvalue weighted by Gasteiger charge is 2.56. The van der Waals surface area contributed by atoms with Gasteiger partial charge in [0.15, 0.2) is 70.6 Å². The number of hydrogen-bond acceptors (Lipinski definition) is 52. The van der Waals surface area contributed by atoms with E-state index in [1.165, 1.54) is 57.4 Å². The van der Waals surface area contributed by atoms with Gasteiger partial charge in [0.05, 0.1) is 123 Å². The van der Waals surface area contributed by atoms with Gasteiger partial charge in [0, 0.05) is 65.3 Å². The SMILES string of the molecule is CCC(C)OP(=O)(O)OC[C@H]1O[C@@H](n2cnc3c(=O)[nH]c(N)nc32)C[C@@H]1OP(=O)(O)OC[C@H]1O[C@@H](n2cnc3c(N)ncnc32)[C@H](OCOCCOCCNC(=O)CCCCO[C@@H]2O[C@H](CO)[C@H](O)[C@H](O)[C@H]2NC(C)=O)[C@@H]1OP(=O)(O)OC[C@H]1O[C@@H](n2cnc3c(N)ncnc32)C[C@@H]1OP(=O)(O)OC[C@H]1O[C@@H](n2cnc3c(N)ncnc32)[C@H](OCOCCOCCNC(=O)CCCCO[C@H]2C[C@@H](O)[C@@H](O)[C@@H](CO)O2)[C@@H]1OC(C)C. The lowest BCUT2D eigenvalue weighted by Crippen LogP contribution is -2.64. The fourth-order valence-corrected chi connectivity index (χ4v) is 20.7. The van der Waals surface area contributed by atoms with E-state index in [1.807, 2.05) is 0 Å². The Kier molecular flexibility index (Phi) is 41.5. The third-order valence-electron chi connectivity index (χ3n) is 24.1. The van der Waals surface area contributed by atoms with E-state index in [4.69, 9.17) is 130 Å². The molecule has 3 amide bonds. The molecular weight excluding hydrogens is 2070 g/mol. The van der Waals surface area contributed by atoms with E-state index in [1.54, 1.807) is 20.8 Å². The van der Waals surface area contributed by atoms with Gasteiger partial charge >= 0.3 is 31.3 Å². The molecule has 64 nitrogen and oxygen atoms in total. The van der Waals surface area contributed by atoms with Crippen LogP contribution in [0, 0.1) is 0 Å². The zero-order chi connectivity index (χ0) is 107. The first-order chi connectivity index (χ1) is 71.3. The highest BCUT2D eigenvalue weighted by atomic mass is 31.2. The molecular formula is C81H125N23O41P4. The maximum Gasteiger partial charge on any atom is 0.472 e. The van der Waals surface area contributed by atoms with Gasteiger partial charge in [-0.15, -0.1) is 0 Å². The summed E-state index contributed by atoms with van der Waals surface area (Å²) in [5, 5.41) is 68.1. The lowest BCUT2D eigenvalue weighted by molar-refractivity contribution is -0.270. The molecule has 14 rings (SSSR count). The van der Waals surface area contributed by atoms with Crippen LogP contribution in [0.1, 0.15) is 124 Å². The first-order valence-electron chi connectivity index (χ1n) is 47.5. The molecule has 0 bridgehead atoms. The molecule has 0 aliphatic carbocycles. The maximum absolute atomic E-state index is 15.3. The van der Waals surface area contributed by atoms with Crippen molar-refractivity contribution in [2.24, 2.45) is 0 Å². The normalized spacial score (nSPS) is 28.7. The number of aliphatic hydroxyl groups is 6. The molecule has 28 atom stereocenters. The largest absolute Gasteiger partial charge is 0.472 e. The first kappa shape index (κ1) is 116. The number of phosphoric acid groups is 4. The number of H-pyrrole nitrogens is 1. The number of unbranched alkanes of at least 4 members (excludes halogenated alkanes) is 2. The van der Waals surface area contributed by atoms with E-state index in [-0.39, 0.29) is 171 Å². The van der Waals surface area contributed by atoms with Gasteiger partial charge in [-0.25, -0.2) is 68.1 Å². The number of anilines is 4. The first-order valence-corrected chi connectivity index (χ1v) is 53.5. The van der Waals surface area contributed by atoms with E-state index >= 15 is 4.57 Å². The smallest absolute Gasteiger partial charge is 0.394 e. The van der Waals surface area contributed by atoms with Gasteiger partial charge in [-0.05, 0) is 52.9 Å². The van der Waals surface area contributed by atoms with E-state index < -0.39 is 262 Å². The zero-order valence-electron chi connectivity index (χ0n) is 81.2. The van der Waals surface area contributed by atoms with Crippen LogP contribution in [-0.4, -0.2) is 394 Å². The third kappa shape index (κ3) is 30.9. The molecule has 0 aromatic carbocycles. The van der Waals surface area contributed by atoms with Crippen molar-refractivity contribution in [3.63, 3.8) is 0 Å². The highest BCUT2D eigenvalue weighted by Crippen LogP contribution is 2.56. The second-order valence-corrected chi connectivity index (χ2v) is 40.8. The molecule has 0 spiro atoms. The number of carbonyl (C=O) groups excluding carboxylic acids is 3. The summed E-state index contributed by atoms with van der Waals surface area (Å²) in [6.07, 6.45) is -22.8. The molecule has 0 radical (unpaired) electrons. The molecule has 6 aliphatic heterocycles. The monoisotopic (exact) mass is 2200 g/mol. The minimum Gasteiger partial charge on any atom is -0.394 e. The summed E-state index contributed by atoms with van der Waals surface area (Å²) in [7, 11) is -21.8. The number of nitrogens with two attached hydrogens (primary N) is 4. The summed E-state index contributed by atoms with van der Waals surface area (Å²) >= 11 is 0. The van der Waals surface area contributed by atoms with E-state index in [0.717, 1.165) is 19.0 Å². The van der Waals surface area contributed by atoms with Crippen LogP contribution in [0.4, 0.5) is 23.4 Å². The number of aromatic amines is 1. The molecule has 22 N–H and O–H groups in total. The van der Waals surface area contributed by atoms with E-state index in [2.05, 4.69) is 75.8 Å². The number of nitrogen functional groups attached to an aromatic ring is 4. The molecule has 5 unspecified atom stereocenters. The summed E-state index contributed by atoms with van der Waals surface area (Å²) in [5.74, 6) is -1.64. The molecule has 149 heavy (non-hydrogen) atoms. The number of carbonyl (C=O) groups is 3. The van der Waals surface area contributed by atoms with Crippen LogP contribution in [0.5, 0.6) is 0 Å². The van der Waals surface area contributed by atoms with Crippen LogP contribution in [0.2, 0.25) is 0 Å². The number of amides is 3. The second-order valence-electron chi connectivity index (χ2n) is 35.2. The summed E-state index contributed by atoms with van der Waals surface area (Å²) in [6.45, 7) is 1.71. The number of nitrogens with zero attached hydrogens (tertiary/aromatic N) is 15. The van der Waals surface area contributed by atoms with Crippen LogP contribution in [0.3, 0.4) is 0 Å². The third-order valence-corrected chi connectivity index (χ3v) is 28.3. The fourth-order valence-electron chi connectivity index (χ4n) is 16.8. The Hall–Kier alpha value is -8.79. The number of hydrogen-bond donors (Lipinski definition) is 18. The Morgan fingerprint density at radius 2 is 0.933 bits per heavy atom. The van der Waals surface area contributed by atoms with E-state index in [9.17, 15) is 83.1 Å². The minimum absolute atomic E-state index is 0.00485. The average Bonchev–Trinajstić information content (AvgIpc) is 1.61. The molecule has 0 saturated carbocycles. The Morgan fingerprint density at radius 3 is 1.44 bits per heavy atom. The number of ether oxygens (including phenoxy) is 15. The number of aromatic nitrogens is 16. The Bertz CT molecular complexity index is 5970. The van der Waals surface area contributed by atoms with Gasteiger partial charge in [0.1, 0.15) is 159 Å². The molecule has 830 valence electrons. The van der Waals surface area contributed by atoms with Crippen LogP contribution in [-0.2, 0) is 140 Å². The standard InChI is InChI=1S/C81H125N23O41P4/c1-6-42(4)142-146(115,116)131-28-49-46(25-56(137-49)102-36-97-62-76(102)99-81(85)100-77(62)114)144-148(119,120)134-31-52-67(69(79(140-52)104-38-96-61-72(84)90-34-93-75(61)104)130-40-126-22-20-124-18-14-87-54(110)12-8-10-16-128-80-58(98-43(5)107)65(113)64(112)48(27-106)141-80)145-149(121,122)132-29-50-45(24-55(136-50)101-35-94-59-70(82)88-32-91-73(59)101)143-147(117,118)133-30-51-66(135-41(2)3)68(78(139-51)103-37-95-60-71(83)89-33-92-74(60)103)129-39-125-21-19-123-17-13-86-53(109)11-7-9-15-127-57-23-44(108)63(111)47(26-105)138-57/h32-38,41-42,44-52,55-58,63-69,78-80,105-106,108,111-113H,6-31,39-40H2,1-5H3,(H,86,109)(H,87,110)(H,98,107)(H,115,116)(H,117,118)(H,119,120)(H,121,122)(H2,82,88,91)(H2,83,89,92)(H2,84,90,93)(H3,85,99,100,114)/t42?,44-,45+,46+,47-,48-,49-,50-,51-,52-,55-,56-,57-,58-,63-,64+,65-,66-,67-,68-,69-,78-,79-,80-/m1/s1. The number of imidazole rings is 4. The molecule has 14 heterocycles. The van der Waals surface area contributed by atoms with Crippen molar-refractivity contribution in [3.05, 3.63) is 54.6 Å². The molecule has 8 aromatic heterocycles. The van der Waals surface area contributed by atoms with Crippen molar-refractivity contribution < 1.29 is 190 Å². The summed E-state index contributed by atoms with van der Waals surface area (Å²) in [5.41, 5.74) is 24.1. The number of fused-ring (bicyclic) bond motifs is 4. The fraction of sp³-hybridized carbons (Fsp3) is 0.716. The molecule has 6 saturated heterocycles. The summed E-state index contributed by atoms with van der Waals surface area (Å²) < 4.78 is 200. The Labute approximate surface area is 846 Å². The molecule has 8 aromatic rings. The van der Waals surface area contributed by atoms with Gasteiger partial charge < -0.3 is 160 Å². The topological polar surface area (TPSA) is 869 Å².